The van der Waals surface area contributed by atoms with E-state index >= 15 is 0 Å². The van der Waals surface area contributed by atoms with Gasteiger partial charge in [-0.05, 0) is 0 Å². The molecule has 0 aromatic carbocycles. The smallest absolute Gasteiger partial charge is 0.331 e. The van der Waals surface area contributed by atoms with E-state index in [1.165, 1.54) is 0 Å². The minimum absolute atomic E-state index is 0. The molecule has 0 atom stereocenters. The van der Waals surface area contributed by atoms with E-state index in [-0.39, 0.29) is 25.5 Å². The second-order valence-corrected chi connectivity index (χ2v) is 2.61. The molecule has 1 aliphatic heterocycles. The predicted octanol–water partition coefficient (Wildman–Crippen LogP) is 0.402. The third-order valence-corrected chi connectivity index (χ3v) is 1.56. The molecule has 1 aliphatic rings. The molecule has 0 radical (unpaired) electrons. The molecule has 0 saturated carbocycles. The second kappa shape index (κ2) is 4.66. The highest BCUT2D eigenvalue weighted by Gasteiger charge is 2.33. The number of amides is 1. The van der Waals surface area contributed by atoms with E-state index in [4.69, 9.17) is 0 Å². The fourth-order valence-corrected chi connectivity index (χ4v) is 1.03. The van der Waals surface area contributed by atoms with Crippen molar-refractivity contribution in [2.75, 3.05) is 26.2 Å². The maximum absolute atomic E-state index is 11.8. The molecule has 78 valence electrons. The van der Waals surface area contributed by atoms with Gasteiger partial charge in [0.05, 0.1) is 6.54 Å². The van der Waals surface area contributed by atoms with Crippen LogP contribution in [0.3, 0.4) is 0 Å². The van der Waals surface area contributed by atoms with E-state index in [1.807, 2.05) is 0 Å². The highest BCUT2D eigenvalue weighted by Crippen LogP contribution is 2.16. The van der Waals surface area contributed by atoms with Crippen LogP contribution in [-0.4, -0.2) is 43.2 Å². The van der Waals surface area contributed by atoms with Gasteiger partial charge in [0.1, 0.15) is 6.54 Å². The molecule has 0 bridgehead atoms. The molecule has 0 unspecified atom stereocenters. The van der Waals surface area contributed by atoms with Gasteiger partial charge in [0, 0.05) is 13.1 Å². The van der Waals surface area contributed by atoms with Crippen LogP contribution in [0.2, 0.25) is 0 Å². The van der Waals surface area contributed by atoms with Crippen molar-refractivity contribution in [2.24, 2.45) is 0 Å². The van der Waals surface area contributed by atoms with Crippen molar-refractivity contribution < 1.29 is 18.0 Å². The average Bonchev–Trinajstić information content (AvgIpc) is 1.91. The highest BCUT2D eigenvalue weighted by molar-refractivity contribution is 5.85. The van der Waals surface area contributed by atoms with Gasteiger partial charge in [0.2, 0.25) is 5.91 Å². The van der Waals surface area contributed by atoms with Crippen LogP contribution >= 0.6 is 12.4 Å². The molecule has 0 aromatic heterocycles. The SMILES string of the molecule is Cl.O=C1CNCCN1CC(F)(F)F. The van der Waals surface area contributed by atoms with Gasteiger partial charge < -0.3 is 10.2 Å². The Morgan fingerprint density at radius 1 is 1.46 bits per heavy atom. The van der Waals surface area contributed by atoms with E-state index in [9.17, 15) is 18.0 Å². The number of carbonyl (C=O) groups excluding carboxylic acids is 1. The fraction of sp³-hybridized carbons (Fsp3) is 0.833. The molecular formula is C6H10ClF3N2O. The van der Waals surface area contributed by atoms with Crippen molar-refractivity contribution in [3.63, 3.8) is 0 Å². The van der Waals surface area contributed by atoms with Crippen LogP contribution in [0, 0.1) is 0 Å². The first-order chi connectivity index (χ1) is 5.49. The highest BCUT2D eigenvalue weighted by atomic mass is 35.5. The third kappa shape index (κ3) is 4.33. The normalized spacial score (nSPS) is 18.4. The van der Waals surface area contributed by atoms with E-state index in [0.29, 0.717) is 6.54 Å². The lowest BCUT2D eigenvalue weighted by Gasteiger charge is -2.27. The molecule has 0 aromatic rings. The number of alkyl halides is 3. The first-order valence-electron chi connectivity index (χ1n) is 3.54. The number of hydrogen-bond donors (Lipinski definition) is 1. The summed E-state index contributed by atoms with van der Waals surface area (Å²) in [6.45, 7) is -0.552. The van der Waals surface area contributed by atoms with Crippen molar-refractivity contribution >= 4 is 18.3 Å². The van der Waals surface area contributed by atoms with Gasteiger partial charge in [0.25, 0.3) is 0 Å². The lowest BCUT2D eigenvalue weighted by atomic mass is 10.3. The molecule has 7 heteroatoms. The van der Waals surface area contributed by atoms with E-state index in [0.717, 1.165) is 4.90 Å². The Labute approximate surface area is 79.7 Å². The second-order valence-electron chi connectivity index (χ2n) is 2.61. The van der Waals surface area contributed by atoms with Crippen molar-refractivity contribution in [3.05, 3.63) is 0 Å². The Bertz CT molecular complexity index is 185. The number of carbonyl (C=O) groups is 1. The number of hydrogen-bond acceptors (Lipinski definition) is 2. The van der Waals surface area contributed by atoms with Gasteiger partial charge in [-0.3, -0.25) is 4.79 Å². The summed E-state index contributed by atoms with van der Waals surface area (Å²) in [4.78, 5) is 11.7. The summed E-state index contributed by atoms with van der Waals surface area (Å²) in [6.07, 6.45) is -4.28. The molecule has 1 heterocycles. The van der Waals surface area contributed by atoms with E-state index < -0.39 is 18.6 Å². The van der Waals surface area contributed by atoms with Crippen LogP contribution in [-0.2, 0) is 4.79 Å². The van der Waals surface area contributed by atoms with Gasteiger partial charge in [-0.15, -0.1) is 12.4 Å². The number of rotatable bonds is 1. The van der Waals surface area contributed by atoms with Gasteiger partial charge in [-0.1, -0.05) is 0 Å². The largest absolute Gasteiger partial charge is 0.406 e. The predicted molar refractivity (Wildman–Crippen MR) is 42.8 cm³/mol. The van der Waals surface area contributed by atoms with Crippen LogP contribution in [0.25, 0.3) is 0 Å². The molecule has 0 aliphatic carbocycles. The Hall–Kier alpha value is -0.490. The Balaban J connectivity index is 0.00000144. The average molecular weight is 219 g/mol. The number of halogens is 4. The van der Waals surface area contributed by atoms with Crippen LogP contribution in [0.4, 0.5) is 13.2 Å². The van der Waals surface area contributed by atoms with Gasteiger partial charge in [-0.2, -0.15) is 13.2 Å². The first-order valence-corrected chi connectivity index (χ1v) is 3.54. The van der Waals surface area contributed by atoms with Crippen LogP contribution < -0.4 is 5.32 Å². The zero-order valence-corrected chi connectivity index (χ0v) is 7.54. The molecule has 13 heavy (non-hydrogen) atoms. The van der Waals surface area contributed by atoms with Gasteiger partial charge in [-0.25, -0.2) is 0 Å². The molecule has 1 N–H and O–H groups in total. The molecule has 3 nitrogen and oxygen atoms in total. The van der Waals surface area contributed by atoms with Crippen molar-refractivity contribution in [3.8, 4) is 0 Å². The fourth-order valence-electron chi connectivity index (χ4n) is 1.03. The minimum atomic E-state index is -4.28. The van der Waals surface area contributed by atoms with Gasteiger partial charge in [0.15, 0.2) is 0 Å². The summed E-state index contributed by atoms with van der Waals surface area (Å²) in [5, 5.41) is 2.69. The standard InChI is InChI=1S/C6H9F3N2O.ClH/c7-6(8,9)4-11-2-1-10-3-5(11)12;/h10H,1-4H2;1H. The summed E-state index contributed by atoms with van der Waals surface area (Å²) in [7, 11) is 0. The summed E-state index contributed by atoms with van der Waals surface area (Å²) in [5.41, 5.74) is 0. The number of nitrogens with one attached hydrogen (secondary N) is 1. The van der Waals surface area contributed by atoms with Crippen LogP contribution in [0.5, 0.6) is 0 Å². The van der Waals surface area contributed by atoms with Crippen LogP contribution in [0.15, 0.2) is 0 Å². The Kier molecular flexibility index (Phi) is 4.49. The minimum Gasteiger partial charge on any atom is -0.331 e. The summed E-state index contributed by atoms with van der Waals surface area (Å²) >= 11 is 0. The lowest BCUT2D eigenvalue weighted by molar-refractivity contribution is -0.162. The number of nitrogens with zero attached hydrogens (tertiary/aromatic N) is 1. The monoisotopic (exact) mass is 218 g/mol. The summed E-state index contributed by atoms with van der Waals surface area (Å²) < 4.78 is 35.4. The molecule has 1 rings (SSSR count). The van der Waals surface area contributed by atoms with E-state index in [2.05, 4.69) is 5.32 Å². The van der Waals surface area contributed by atoms with Crippen LogP contribution in [0.1, 0.15) is 0 Å². The maximum atomic E-state index is 11.8. The molecule has 0 spiro atoms. The summed E-state index contributed by atoms with van der Waals surface area (Å²) in [5.74, 6) is -0.487. The maximum Gasteiger partial charge on any atom is 0.406 e. The first kappa shape index (κ1) is 12.5. The zero-order valence-electron chi connectivity index (χ0n) is 6.73. The van der Waals surface area contributed by atoms with Crippen molar-refractivity contribution in [1.29, 1.82) is 0 Å². The van der Waals surface area contributed by atoms with Crippen molar-refractivity contribution in [1.82, 2.24) is 10.2 Å². The zero-order chi connectivity index (χ0) is 9.19. The van der Waals surface area contributed by atoms with Gasteiger partial charge >= 0.3 is 6.18 Å². The quantitative estimate of drug-likeness (QED) is 0.691. The third-order valence-electron chi connectivity index (χ3n) is 1.56. The molecular weight excluding hydrogens is 209 g/mol. The Morgan fingerprint density at radius 3 is 2.54 bits per heavy atom. The molecule has 1 saturated heterocycles. The lowest BCUT2D eigenvalue weighted by Crippen LogP contribution is -2.51. The number of piperazine rings is 1. The topological polar surface area (TPSA) is 32.3 Å². The van der Waals surface area contributed by atoms with E-state index in [1.54, 1.807) is 0 Å². The Morgan fingerprint density at radius 2 is 2.08 bits per heavy atom. The molecule has 1 amide bonds. The molecule has 1 fully saturated rings. The van der Waals surface area contributed by atoms with Crippen molar-refractivity contribution in [2.45, 2.75) is 6.18 Å². The summed E-state index contributed by atoms with van der Waals surface area (Å²) in [6, 6.07) is 0.